The second kappa shape index (κ2) is 8.66. The summed E-state index contributed by atoms with van der Waals surface area (Å²) in [6.45, 7) is 0. The van der Waals surface area contributed by atoms with Crippen LogP contribution in [0.2, 0.25) is 0 Å². The van der Waals surface area contributed by atoms with E-state index in [1.807, 2.05) is 0 Å². The van der Waals surface area contributed by atoms with E-state index in [1.54, 1.807) is 0 Å². The second-order valence-electron chi connectivity index (χ2n) is 9.60. The van der Waals surface area contributed by atoms with E-state index in [0.29, 0.717) is 0 Å². The van der Waals surface area contributed by atoms with Gasteiger partial charge in [0.25, 0.3) is 0 Å². The van der Waals surface area contributed by atoms with E-state index in [9.17, 15) is 0 Å². The van der Waals surface area contributed by atoms with Crippen LogP contribution in [-0.4, -0.2) is 0 Å². The van der Waals surface area contributed by atoms with Crippen LogP contribution >= 0.6 is 0 Å². The summed E-state index contributed by atoms with van der Waals surface area (Å²) < 4.78 is 0. The first kappa shape index (κ1) is 20.9. The van der Waals surface area contributed by atoms with E-state index >= 15 is 0 Å². The lowest BCUT2D eigenvalue weighted by atomic mass is 9.83. The fraction of sp³-hybridized carbons (Fsp3) is 0.0556. The highest BCUT2D eigenvalue weighted by Gasteiger charge is 2.18. The fourth-order valence-electron chi connectivity index (χ4n) is 5.95. The molecule has 1 aliphatic rings. The summed E-state index contributed by atoms with van der Waals surface area (Å²) >= 11 is 0. The van der Waals surface area contributed by atoms with Crippen molar-refractivity contribution in [1.29, 1.82) is 0 Å². The average Bonchev–Trinajstić information content (AvgIpc) is 2.96. The molecule has 0 fully saturated rings. The van der Waals surface area contributed by atoms with Gasteiger partial charge in [-0.3, -0.25) is 0 Å². The Balaban J connectivity index is 1.51. The summed E-state index contributed by atoms with van der Waals surface area (Å²) in [5, 5.41) is 5.19. The minimum atomic E-state index is 1.09. The molecule has 1 aliphatic carbocycles. The van der Waals surface area contributed by atoms with Crippen LogP contribution in [0.4, 0.5) is 0 Å². The van der Waals surface area contributed by atoms with Crippen molar-refractivity contribution in [3.63, 3.8) is 0 Å². The first-order valence-electron chi connectivity index (χ1n) is 12.8. The molecule has 170 valence electrons. The van der Waals surface area contributed by atoms with Crippen LogP contribution < -0.4 is 0 Å². The number of fused-ring (bicyclic) bond motifs is 3. The smallest absolute Gasteiger partial charge is 0.00262 e. The molecule has 0 nitrogen and oxygen atoms in total. The van der Waals surface area contributed by atoms with Gasteiger partial charge in [0.15, 0.2) is 0 Å². The Hall–Kier alpha value is -4.42. The standard InChI is InChI=1S/C36H26/c1-2-13-26(14-3-1)35-31-19-6-8-21-33(31)36(34-22-9-7-20-32(34)35)28-17-10-16-27(24-28)30-23-11-15-25-12-4-5-18-29(25)30/h1-10,12-14,16-24H,11,15H2. The molecule has 0 spiro atoms. The van der Waals surface area contributed by atoms with Crippen LogP contribution in [0.15, 0.2) is 133 Å². The number of hydrogen-bond donors (Lipinski definition) is 0. The zero-order chi connectivity index (χ0) is 23.9. The molecule has 6 aromatic carbocycles. The second-order valence-corrected chi connectivity index (χ2v) is 9.60. The molecule has 0 heterocycles. The predicted octanol–water partition coefficient (Wildman–Crippen LogP) is 9.70. The molecule has 0 amide bonds. The zero-order valence-electron chi connectivity index (χ0n) is 20.1. The molecule has 6 aromatic rings. The van der Waals surface area contributed by atoms with Crippen molar-refractivity contribution in [3.05, 3.63) is 150 Å². The summed E-state index contributed by atoms with van der Waals surface area (Å²) in [4.78, 5) is 0. The molecule has 0 aliphatic heterocycles. The maximum atomic E-state index is 2.41. The third-order valence-electron chi connectivity index (χ3n) is 7.53. The molecule has 36 heavy (non-hydrogen) atoms. The van der Waals surface area contributed by atoms with Crippen molar-refractivity contribution in [2.24, 2.45) is 0 Å². The lowest BCUT2D eigenvalue weighted by Crippen LogP contribution is -2.00. The Morgan fingerprint density at radius 2 is 0.944 bits per heavy atom. The van der Waals surface area contributed by atoms with E-state index < -0.39 is 0 Å². The van der Waals surface area contributed by atoms with Gasteiger partial charge in [-0.15, -0.1) is 0 Å². The van der Waals surface area contributed by atoms with Gasteiger partial charge in [-0.2, -0.15) is 0 Å². The molecule has 0 heteroatoms. The van der Waals surface area contributed by atoms with Gasteiger partial charge in [0.1, 0.15) is 0 Å². The molecule has 7 rings (SSSR count). The molecular formula is C36H26. The summed E-state index contributed by atoms with van der Waals surface area (Å²) in [7, 11) is 0. The van der Waals surface area contributed by atoms with Crippen molar-refractivity contribution in [3.8, 4) is 22.3 Å². The molecule has 0 aromatic heterocycles. The maximum absolute atomic E-state index is 2.41. The van der Waals surface area contributed by atoms with E-state index in [-0.39, 0.29) is 0 Å². The highest BCUT2D eigenvalue weighted by atomic mass is 14.2. The highest BCUT2D eigenvalue weighted by Crippen LogP contribution is 2.44. The van der Waals surface area contributed by atoms with E-state index in [1.165, 1.54) is 66.1 Å². The number of hydrogen-bond acceptors (Lipinski definition) is 0. The first-order valence-corrected chi connectivity index (χ1v) is 12.8. The van der Waals surface area contributed by atoms with Gasteiger partial charge in [-0.05, 0) is 85.0 Å². The number of benzene rings is 6. The van der Waals surface area contributed by atoms with Gasteiger partial charge in [0, 0.05) is 0 Å². The lowest BCUT2D eigenvalue weighted by molar-refractivity contribution is 0.978. The molecule has 0 saturated carbocycles. The van der Waals surface area contributed by atoms with Gasteiger partial charge < -0.3 is 0 Å². The first-order chi connectivity index (χ1) is 17.9. The van der Waals surface area contributed by atoms with Crippen LogP contribution in [0.1, 0.15) is 23.1 Å². The van der Waals surface area contributed by atoms with Crippen molar-refractivity contribution in [2.75, 3.05) is 0 Å². The molecule has 0 bridgehead atoms. The van der Waals surface area contributed by atoms with Gasteiger partial charge >= 0.3 is 0 Å². The van der Waals surface area contributed by atoms with Crippen LogP contribution in [0.3, 0.4) is 0 Å². The van der Waals surface area contributed by atoms with Gasteiger partial charge in [0.05, 0.1) is 0 Å². The van der Waals surface area contributed by atoms with Crippen LogP contribution in [-0.2, 0) is 6.42 Å². The van der Waals surface area contributed by atoms with Crippen molar-refractivity contribution in [2.45, 2.75) is 12.8 Å². The maximum Gasteiger partial charge on any atom is -0.00262 e. The molecular weight excluding hydrogens is 432 g/mol. The van der Waals surface area contributed by atoms with Crippen LogP contribution in [0.5, 0.6) is 0 Å². The summed E-state index contributed by atoms with van der Waals surface area (Å²) in [6, 6.07) is 46.6. The van der Waals surface area contributed by atoms with E-state index in [0.717, 1.165) is 12.8 Å². The number of rotatable bonds is 3. The van der Waals surface area contributed by atoms with Crippen molar-refractivity contribution in [1.82, 2.24) is 0 Å². The quantitative estimate of drug-likeness (QED) is 0.232. The Kier molecular flexibility index (Phi) is 5.03. The normalized spacial score (nSPS) is 12.9. The van der Waals surface area contributed by atoms with Crippen LogP contribution in [0.25, 0.3) is 49.4 Å². The third-order valence-corrected chi connectivity index (χ3v) is 7.53. The molecule has 0 saturated heterocycles. The fourth-order valence-corrected chi connectivity index (χ4v) is 5.95. The Morgan fingerprint density at radius 1 is 0.417 bits per heavy atom. The largest absolute Gasteiger partial charge is 0.0757 e. The number of aryl methyl sites for hydroxylation is 1. The van der Waals surface area contributed by atoms with Crippen molar-refractivity contribution < 1.29 is 0 Å². The zero-order valence-corrected chi connectivity index (χ0v) is 20.1. The summed E-state index contributed by atoms with van der Waals surface area (Å²) in [6.07, 6.45) is 4.62. The predicted molar refractivity (Wildman–Crippen MR) is 154 cm³/mol. The summed E-state index contributed by atoms with van der Waals surface area (Å²) in [5.41, 5.74) is 10.6. The monoisotopic (exact) mass is 458 g/mol. The van der Waals surface area contributed by atoms with Crippen LogP contribution in [0, 0.1) is 0 Å². The topological polar surface area (TPSA) is 0 Å². The minimum Gasteiger partial charge on any atom is -0.0757 e. The van der Waals surface area contributed by atoms with Crippen molar-refractivity contribution >= 4 is 27.1 Å². The Labute approximate surface area is 212 Å². The minimum absolute atomic E-state index is 1.09. The van der Waals surface area contributed by atoms with E-state index in [4.69, 9.17) is 0 Å². The molecule has 0 atom stereocenters. The number of allylic oxidation sites excluding steroid dienone is 1. The molecule has 0 N–H and O–H groups in total. The van der Waals surface area contributed by atoms with Gasteiger partial charge in [0.2, 0.25) is 0 Å². The van der Waals surface area contributed by atoms with Gasteiger partial charge in [-0.25, -0.2) is 0 Å². The lowest BCUT2D eigenvalue weighted by Gasteiger charge is -2.20. The Bertz CT molecular complexity index is 1710. The average molecular weight is 459 g/mol. The highest BCUT2D eigenvalue weighted by molar-refractivity contribution is 6.21. The SMILES string of the molecule is C1=C(c2cccc(-c3c4ccccc4c(-c4ccccc4)c4ccccc34)c2)c2ccccc2CC1. The van der Waals surface area contributed by atoms with E-state index in [2.05, 4.69) is 133 Å². The molecule has 0 unspecified atom stereocenters. The van der Waals surface area contributed by atoms with Gasteiger partial charge in [-0.1, -0.05) is 127 Å². The third kappa shape index (κ3) is 3.38. The Morgan fingerprint density at radius 3 is 1.64 bits per heavy atom. The molecule has 0 radical (unpaired) electrons. The summed E-state index contributed by atoms with van der Waals surface area (Å²) in [5.74, 6) is 0.